The van der Waals surface area contributed by atoms with Gasteiger partial charge in [-0.1, -0.05) is 42.1 Å². The molecule has 0 unspecified atom stereocenters. The summed E-state index contributed by atoms with van der Waals surface area (Å²) in [6.07, 6.45) is 0.0698. The molecule has 0 saturated heterocycles. The molecule has 2 aromatic carbocycles. The summed E-state index contributed by atoms with van der Waals surface area (Å²) >= 11 is 1.45. The van der Waals surface area contributed by atoms with Crippen molar-refractivity contribution in [3.63, 3.8) is 0 Å². The molecule has 0 atom stereocenters. The van der Waals surface area contributed by atoms with Gasteiger partial charge in [-0.3, -0.25) is 4.79 Å². The van der Waals surface area contributed by atoms with Gasteiger partial charge in [0.25, 0.3) is 0 Å². The van der Waals surface area contributed by atoms with Gasteiger partial charge in [0, 0.05) is 24.3 Å². The van der Waals surface area contributed by atoms with E-state index in [-0.39, 0.29) is 18.0 Å². The summed E-state index contributed by atoms with van der Waals surface area (Å²) in [5.74, 6) is 0.716. The van der Waals surface area contributed by atoms with E-state index in [1.165, 1.54) is 17.8 Å². The van der Waals surface area contributed by atoms with Crippen LogP contribution in [0.25, 0.3) is 21.7 Å². The van der Waals surface area contributed by atoms with Crippen LogP contribution in [0.3, 0.4) is 0 Å². The number of ether oxygens (including phenoxy) is 1. The Kier molecular flexibility index (Phi) is 5.35. The fourth-order valence-electron chi connectivity index (χ4n) is 3.24. The Bertz CT molecular complexity index is 1260. The van der Waals surface area contributed by atoms with Crippen molar-refractivity contribution in [3.05, 3.63) is 64.3 Å². The molecule has 0 spiro atoms. The number of hydrogen-bond acceptors (Lipinski definition) is 7. The lowest BCUT2D eigenvalue weighted by atomic mass is 10.0. The molecule has 0 aliphatic rings. The molecule has 0 N–H and O–H groups in total. The van der Waals surface area contributed by atoms with Gasteiger partial charge in [-0.15, -0.1) is 10.2 Å². The van der Waals surface area contributed by atoms with Crippen LogP contribution in [-0.4, -0.2) is 27.3 Å². The van der Waals surface area contributed by atoms with Gasteiger partial charge >= 0.3 is 11.6 Å². The van der Waals surface area contributed by atoms with E-state index < -0.39 is 0 Å². The van der Waals surface area contributed by atoms with Crippen LogP contribution in [0, 0.1) is 0 Å². The quantitative estimate of drug-likeness (QED) is 0.209. The van der Waals surface area contributed by atoms with Gasteiger partial charge in [-0.25, -0.2) is 4.79 Å². The van der Waals surface area contributed by atoms with Crippen LogP contribution in [0.1, 0.15) is 18.3 Å². The highest BCUT2D eigenvalue weighted by Crippen LogP contribution is 2.31. The third-order valence-electron chi connectivity index (χ3n) is 4.60. The molecule has 0 radical (unpaired) electrons. The fraction of sp³-hybridized carbons (Fsp3) is 0.238. The lowest BCUT2D eigenvalue weighted by Gasteiger charge is -2.08. The maximum atomic E-state index is 12.0. The minimum Gasteiger partial charge on any atom is -0.466 e. The van der Waals surface area contributed by atoms with Gasteiger partial charge in [0.05, 0.1) is 6.61 Å². The molecule has 0 aliphatic carbocycles. The Morgan fingerprint density at radius 2 is 2.03 bits per heavy atom. The summed E-state index contributed by atoms with van der Waals surface area (Å²) in [6.45, 7) is 2.09. The predicted octanol–water partition coefficient (Wildman–Crippen LogP) is 3.47. The Balaban J connectivity index is 1.65. The minimum absolute atomic E-state index is 0.0698. The smallest absolute Gasteiger partial charge is 0.336 e. The number of hydrogen-bond donors (Lipinski definition) is 0. The molecule has 2 aromatic heterocycles. The van der Waals surface area contributed by atoms with Crippen molar-refractivity contribution >= 4 is 39.5 Å². The lowest BCUT2D eigenvalue weighted by Crippen LogP contribution is -2.11. The molecule has 2 heterocycles. The molecule has 0 amide bonds. The number of carbonyl (C=O) groups is 1. The molecule has 4 rings (SSSR count). The Morgan fingerprint density at radius 1 is 1.21 bits per heavy atom. The zero-order valence-corrected chi connectivity index (χ0v) is 16.9. The number of aromatic nitrogens is 3. The van der Waals surface area contributed by atoms with Gasteiger partial charge in [0.2, 0.25) is 0 Å². The van der Waals surface area contributed by atoms with Crippen molar-refractivity contribution in [2.45, 2.75) is 24.3 Å². The van der Waals surface area contributed by atoms with Gasteiger partial charge in [-0.2, -0.15) is 0 Å². The van der Waals surface area contributed by atoms with E-state index in [0.29, 0.717) is 28.9 Å². The van der Waals surface area contributed by atoms with Crippen LogP contribution in [0.5, 0.6) is 0 Å². The van der Waals surface area contributed by atoms with Gasteiger partial charge in [0.15, 0.2) is 5.16 Å². The van der Waals surface area contributed by atoms with E-state index >= 15 is 0 Å². The average Bonchev–Trinajstić information content (AvgIpc) is 3.05. The molecule has 29 heavy (non-hydrogen) atoms. The van der Waals surface area contributed by atoms with Crippen LogP contribution in [0.2, 0.25) is 0 Å². The van der Waals surface area contributed by atoms with E-state index in [2.05, 4.69) is 10.2 Å². The summed E-state index contributed by atoms with van der Waals surface area (Å²) in [6, 6.07) is 13.3. The number of fused-ring (bicyclic) bond motifs is 3. The molecule has 8 heteroatoms. The van der Waals surface area contributed by atoms with Crippen molar-refractivity contribution < 1.29 is 13.9 Å². The first-order chi connectivity index (χ1) is 14.1. The lowest BCUT2D eigenvalue weighted by molar-refractivity contribution is -0.142. The second-order valence-corrected chi connectivity index (χ2v) is 7.42. The molecule has 0 aliphatic heterocycles. The Hall–Kier alpha value is -3.13. The summed E-state index contributed by atoms with van der Waals surface area (Å²) in [5, 5.41) is 12.0. The van der Waals surface area contributed by atoms with Gasteiger partial charge in [0.1, 0.15) is 17.8 Å². The number of thioether (sulfide) groups is 1. The molecule has 7 nitrogen and oxygen atoms in total. The maximum Gasteiger partial charge on any atom is 0.336 e. The van der Waals surface area contributed by atoms with Crippen molar-refractivity contribution in [2.75, 3.05) is 6.61 Å². The highest BCUT2D eigenvalue weighted by molar-refractivity contribution is 7.98. The van der Waals surface area contributed by atoms with Crippen molar-refractivity contribution in [1.29, 1.82) is 0 Å². The maximum absolute atomic E-state index is 12.0. The number of esters is 1. The second-order valence-electron chi connectivity index (χ2n) is 6.48. The largest absolute Gasteiger partial charge is 0.466 e. The first-order valence-electron chi connectivity index (χ1n) is 9.18. The first kappa shape index (κ1) is 19.2. The zero-order chi connectivity index (χ0) is 20.4. The normalized spacial score (nSPS) is 11.2. The predicted molar refractivity (Wildman–Crippen MR) is 111 cm³/mol. The van der Waals surface area contributed by atoms with E-state index in [9.17, 15) is 9.59 Å². The fourth-order valence-corrected chi connectivity index (χ4v) is 4.15. The number of rotatable bonds is 6. The standard InChI is InChI=1S/C21H19N3O4S/c1-3-27-18(25)11-17-22-23-21(24(17)2)29-12-14-10-19(26)28-16-9-8-13-6-4-5-7-15(13)20(14)16/h4-10H,3,11-12H2,1-2H3. The third-order valence-corrected chi connectivity index (χ3v) is 5.67. The topological polar surface area (TPSA) is 87.2 Å². The van der Waals surface area contributed by atoms with Gasteiger partial charge < -0.3 is 13.7 Å². The van der Waals surface area contributed by atoms with Crippen LogP contribution in [0.15, 0.2) is 56.8 Å². The highest BCUT2D eigenvalue weighted by Gasteiger charge is 2.15. The highest BCUT2D eigenvalue weighted by atomic mass is 32.2. The van der Waals surface area contributed by atoms with Crippen molar-refractivity contribution in [1.82, 2.24) is 14.8 Å². The molecule has 0 saturated carbocycles. The van der Waals surface area contributed by atoms with Crippen LogP contribution in [0.4, 0.5) is 0 Å². The van der Waals surface area contributed by atoms with E-state index in [1.807, 2.05) is 43.4 Å². The number of nitrogens with zero attached hydrogens (tertiary/aromatic N) is 3. The van der Waals surface area contributed by atoms with E-state index in [4.69, 9.17) is 9.15 Å². The summed E-state index contributed by atoms with van der Waals surface area (Å²) in [7, 11) is 1.81. The summed E-state index contributed by atoms with van der Waals surface area (Å²) < 4.78 is 12.1. The van der Waals surface area contributed by atoms with E-state index in [1.54, 1.807) is 11.5 Å². The van der Waals surface area contributed by atoms with Crippen LogP contribution < -0.4 is 5.63 Å². The molecular weight excluding hydrogens is 390 g/mol. The van der Waals surface area contributed by atoms with Crippen LogP contribution in [-0.2, 0) is 28.8 Å². The molecule has 148 valence electrons. The van der Waals surface area contributed by atoms with Crippen molar-refractivity contribution in [3.8, 4) is 0 Å². The van der Waals surface area contributed by atoms with Crippen LogP contribution >= 0.6 is 11.8 Å². The Labute approximate surface area is 170 Å². The number of carbonyl (C=O) groups excluding carboxylic acids is 1. The van der Waals surface area contributed by atoms with Crippen molar-refractivity contribution in [2.24, 2.45) is 7.05 Å². The molecule has 0 fully saturated rings. The third kappa shape index (κ3) is 3.88. The molecular formula is C21H19N3O4S. The molecule has 4 aromatic rings. The number of benzene rings is 2. The zero-order valence-electron chi connectivity index (χ0n) is 16.0. The van der Waals surface area contributed by atoms with Gasteiger partial charge in [-0.05, 0) is 29.3 Å². The monoisotopic (exact) mass is 409 g/mol. The second kappa shape index (κ2) is 8.08. The Morgan fingerprint density at radius 3 is 2.86 bits per heavy atom. The minimum atomic E-state index is -0.385. The average molecular weight is 409 g/mol. The van der Waals surface area contributed by atoms with E-state index in [0.717, 1.165) is 21.7 Å². The SMILES string of the molecule is CCOC(=O)Cc1nnc(SCc2cc(=O)oc3ccc4ccccc4c23)n1C. The first-order valence-corrected chi connectivity index (χ1v) is 10.2. The summed E-state index contributed by atoms with van der Waals surface area (Å²) in [4.78, 5) is 23.8. The molecule has 0 bridgehead atoms. The summed E-state index contributed by atoms with van der Waals surface area (Å²) in [5.41, 5.74) is 1.05.